The van der Waals surface area contributed by atoms with Crippen molar-refractivity contribution in [1.29, 1.82) is 0 Å². The second-order valence-corrected chi connectivity index (χ2v) is 7.90. The highest BCUT2D eigenvalue weighted by molar-refractivity contribution is 5.69. The molecule has 1 aliphatic rings. The van der Waals surface area contributed by atoms with Gasteiger partial charge in [-0.1, -0.05) is 12.8 Å². The van der Waals surface area contributed by atoms with E-state index in [1.807, 2.05) is 0 Å². The number of aliphatic hydroxyl groups is 1. The molecule has 12 heteroatoms. The highest BCUT2D eigenvalue weighted by Gasteiger charge is 2.59. The number of ether oxygens (including phenoxy) is 6. The van der Waals surface area contributed by atoms with Crippen LogP contribution < -0.4 is 0 Å². The minimum atomic E-state index is -1.78. The molecule has 34 heavy (non-hydrogen) atoms. The Morgan fingerprint density at radius 3 is 1.91 bits per heavy atom. The summed E-state index contributed by atoms with van der Waals surface area (Å²) in [5.74, 6) is -3.34. The molecule has 1 aliphatic heterocycles. The van der Waals surface area contributed by atoms with Gasteiger partial charge in [-0.2, -0.15) is 0 Å². The predicted molar refractivity (Wildman–Crippen MR) is 113 cm³/mol. The maximum absolute atomic E-state index is 11.9. The largest absolute Gasteiger partial charge is 0.466 e. The van der Waals surface area contributed by atoms with Crippen LogP contribution in [0.4, 0.5) is 0 Å². The molecule has 1 rings (SSSR count). The van der Waals surface area contributed by atoms with E-state index in [0.717, 1.165) is 20.8 Å². The fourth-order valence-electron chi connectivity index (χ4n) is 3.72. The third-order valence-corrected chi connectivity index (χ3v) is 4.98. The lowest BCUT2D eigenvalue weighted by Crippen LogP contribution is -2.68. The summed E-state index contributed by atoms with van der Waals surface area (Å²) in [5, 5.41) is 10.7. The Labute approximate surface area is 198 Å². The van der Waals surface area contributed by atoms with Crippen LogP contribution >= 0.6 is 0 Å². The quantitative estimate of drug-likeness (QED) is 0.234. The molecular formula is C22H34O12. The van der Waals surface area contributed by atoms with Crippen LogP contribution in [0.2, 0.25) is 0 Å². The Bertz CT molecular complexity index is 735. The number of carbonyl (C=O) groups excluding carboxylic acids is 5. The second-order valence-electron chi connectivity index (χ2n) is 7.90. The zero-order chi connectivity index (χ0) is 25.9. The molecule has 194 valence electrons. The van der Waals surface area contributed by atoms with Gasteiger partial charge in [0.05, 0.1) is 6.61 Å². The highest BCUT2D eigenvalue weighted by atomic mass is 16.7. The van der Waals surface area contributed by atoms with Crippen molar-refractivity contribution in [2.24, 2.45) is 0 Å². The standard InChI is InChI=1S/C22H34O12/c1-6-29-17(27)10-8-7-9-11-22(12-30-13(2)23)20(33-16(5)26)18(31-14(3)24)19(21(28)34-22)32-15(4)25/h18-21,28H,6-12H2,1-5H3/t18-,19+,20+,21+,22-/m1/s1. The van der Waals surface area contributed by atoms with Crippen LogP contribution in [0.25, 0.3) is 0 Å². The third kappa shape index (κ3) is 9.26. The molecule has 0 aromatic heterocycles. The summed E-state index contributed by atoms with van der Waals surface area (Å²) in [6, 6.07) is 0. The summed E-state index contributed by atoms with van der Waals surface area (Å²) in [7, 11) is 0. The van der Waals surface area contributed by atoms with E-state index in [-0.39, 0.29) is 25.4 Å². The summed E-state index contributed by atoms with van der Waals surface area (Å²) in [4.78, 5) is 58.5. The van der Waals surface area contributed by atoms with Gasteiger partial charge in [0.2, 0.25) is 0 Å². The van der Waals surface area contributed by atoms with Crippen molar-refractivity contribution in [2.45, 2.75) is 96.9 Å². The predicted octanol–water partition coefficient (Wildman–Crippen LogP) is 0.946. The summed E-state index contributed by atoms with van der Waals surface area (Å²) < 4.78 is 31.6. The smallest absolute Gasteiger partial charge is 0.305 e. The molecule has 1 fully saturated rings. The number of aliphatic hydroxyl groups excluding tert-OH is 1. The minimum absolute atomic E-state index is 0.0860. The summed E-state index contributed by atoms with van der Waals surface area (Å²) in [5.41, 5.74) is -1.63. The molecule has 1 N–H and O–H groups in total. The molecule has 12 nitrogen and oxygen atoms in total. The number of unbranched alkanes of at least 4 members (excludes halogenated alkanes) is 2. The summed E-state index contributed by atoms with van der Waals surface area (Å²) >= 11 is 0. The fourth-order valence-corrected chi connectivity index (χ4v) is 3.72. The van der Waals surface area contributed by atoms with E-state index >= 15 is 0 Å². The molecular weight excluding hydrogens is 456 g/mol. The fraction of sp³-hybridized carbons (Fsp3) is 0.773. The lowest BCUT2D eigenvalue weighted by atomic mass is 9.82. The van der Waals surface area contributed by atoms with Gasteiger partial charge in [0, 0.05) is 34.1 Å². The Morgan fingerprint density at radius 1 is 0.794 bits per heavy atom. The molecule has 0 amide bonds. The molecule has 0 bridgehead atoms. The van der Waals surface area contributed by atoms with E-state index in [2.05, 4.69) is 0 Å². The van der Waals surface area contributed by atoms with Crippen molar-refractivity contribution < 1.29 is 57.5 Å². The number of hydrogen-bond donors (Lipinski definition) is 1. The Balaban J connectivity index is 3.24. The van der Waals surface area contributed by atoms with Gasteiger partial charge in [-0.25, -0.2) is 0 Å². The van der Waals surface area contributed by atoms with Crippen molar-refractivity contribution in [3.63, 3.8) is 0 Å². The number of rotatable bonds is 12. The van der Waals surface area contributed by atoms with Crippen LogP contribution in [0.5, 0.6) is 0 Å². The van der Waals surface area contributed by atoms with Gasteiger partial charge >= 0.3 is 29.8 Å². The highest BCUT2D eigenvalue weighted by Crippen LogP contribution is 2.39. The summed E-state index contributed by atoms with van der Waals surface area (Å²) in [6.07, 6.45) is -4.40. The number of esters is 5. The van der Waals surface area contributed by atoms with E-state index in [1.165, 1.54) is 6.92 Å². The van der Waals surface area contributed by atoms with Crippen LogP contribution in [0.15, 0.2) is 0 Å². The first-order valence-electron chi connectivity index (χ1n) is 11.1. The normalized spacial score (nSPS) is 26.2. The van der Waals surface area contributed by atoms with Crippen LogP contribution in [-0.2, 0) is 52.4 Å². The van der Waals surface area contributed by atoms with Crippen LogP contribution in [-0.4, -0.2) is 78.4 Å². The molecule has 0 aromatic rings. The van der Waals surface area contributed by atoms with Crippen molar-refractivity contribution in [3.05, 3.63) is 0 Å². The first-order chi connectivity index (χ1) is 15.9. The lowest BCUT2D eigenvalue weighted by Gasteiger charge is -2.49. The molecule has 1 heterocycles. The van der Waals surface area contributed by atoms with Gasteiger partial charge in [0.15, 0.2) is 24.6 Å². The van der Waals surface area contributed by atoms with Crippen LogP contribution in [0.1, 0.15) is 66.7 Å². The Morgan fingerprint density at radius 2 is 1.38 bits per heavy atom. The number of carbonyl (C=O) groups is 5. The van der Waals surface area contributed by atoms with Crippen LogP contribution in [0, 0.1) is 0 Å². The van der Waals surface area contributed by atoms with E-state index in [0.29, 0.717) is 19.3 Å². The Kier molecular flexibility index (Phi) is 11.9. The number of hydrogen-bond acceptors (Lipinski definition) is 12. The van der Waals surface area contributed by atoms with E-state index < -0.39 is 60.7 Å². The Hall–Kier alpha value is -2.73. The van der Waals surface area contributed by atoms with Crippen molar-refractivity contribution in [2.75, 3.05) is 13.2 Å². The first-order valence-corrected chi connectivity index (χ1v) is 11.1. The second kappa shape index (κ2) is 13.9. The first kappa shape index (κ1) is 29.3. The van der Waals surface area contributed by atoms with Gasteiger partial charge in [-0.15, -0.1) is 0 Å². The zero-order valence-electron chi connectivity index (χ0n) is 20.2. The molecule has 0 radical (unpaired) electrons. The molecule has 0 aliphatic carbocycles. The average Bonchev–Trinajstić information content (AvgIpc) is 2.71. The molecule has 0 saturated carbocycles. The minimum Gasteiger partial charge on any atom is -0.466 e. The maximum Gasteiger partial charge on any atom is 0.305 e. The van der Waals surface area contributed by atoms with Gasteiger partial charge in [0.25, 0.3) is 0 Å². The molecule has 0 spiro atoms. The monoisotopic (exact) mass is 490 g/mol. The molecule has 0 aromatic carbocycles. The van der Waals surface area contributed by atoms with E-state index in [1.54, 1.807) is 6.92 Å². The van der Waals surface area contributed by atoms with E-state index in [9.17, 15) is 29.1 Å². The summed E-state index contributed by atoms with van der Waals surface area (Å²) in [6.45, 7) is 6.01. The van der Waals surface area contributed by atoms with Gasteiger partial charge in [-0.3, -0.25) is 24.0 Å². The third-order valence-electron chi connectivity index (χ3n) is 4.98. The van der Waals surface area contributed by atoms with Crippen molar-refractivity contribution in [3.8, 4) is 0 Å². The average molecular weight is 491 g/mol. The molecule has 1 saturated heterocycles. The van der Waals surface area contributed by atoms with Gasteiger partial charge in [-0.05, 0) is 19.8 Å². The van der Waals surface area contributed by atoms with Gasteiger partial charge < -0.3 is 33.5 Å². The van der Waals surface area contributed by atoms with Crippen molar-refractivity contribution in [1.82, 2.24) is 0 Å². The van der Waals surface area contributed by atoms with E-state index in [4.69, 9.17) is 28.4 Å². The SMILES string of the molecule is CCOC(=O)CCCCC[C@]1(COC(C)=O)O[C@H](O)[C@@H](OC(C)=O)[C@@H](OC(C)=O)[C@@H]1OC(C)=O. The maximum atomic E-state index is 11.9. The molecule has 0 unspecified atom stereocenters. The van der Waals surface area contributed by atoms with Gasteiger partial charge in [0.1, 0.15) is 12.2 Å². The lowest BCUT2D eigenvalue weighted by molar-refractivity contribution is -0.333. The topological polar surface area (TPSA) is 161 Å². The van der Waals surface area contributed by atoms with Crippen molar-refractivity contribution >= 4 is 29.8 Å². The zero-order valence-corrected chi connectivity index (χ0v) is 20.2. The van der Waals surface area contributed by atoms with Crippen LogP contribution in [0.3, 0.4) is 0 Å². The molecule has 5 atom stereocenters.